The maximum atomic E-state index is 6.12. The lowest BCUT2D eigenvalue weighted by atomic mass is 10.5. The standard InChI is InChI=1S/C15H32O5Si/c1-6-10-16-15(14(5)20-15)21(17-11-7-2,18-12-8-3)19-13-9-4/h14H,6-13H2,1-5H3. The van der Waals surface area contributed by atoms with Gasteiger partial charge in [-0.05, 0) is 32.6 Å². The van der Waals surface area contributed by atoms with E-state index in [-0.39, 0.29) is 6.10 Å². The molecule has 1 fully saturated rings. The van der Waals surface area contributed by atoms with Crippen molar-refractivity contribution >= 4 is 8.80 Å². The van der Waals surface area contributed by atoms with E-state index in [9.17, 15) is 0 Å². The quantitative estimate of drug-likeness (QED) is 0.385. The van der Waals surface area contributed by atoms with Gasteiger partial charge in [-0.3, -0.25) is 0 Å². The van der Waals surface area contributed by atoms with Crippen molar-refractivity contribution in [1.29, 1.82) is 0 Å². The summed E-state index contributed by atoms with van der Waals surface area (Å²) in [6.07, 6.45) is 3.63. The van der Waals surface area contributed by atoms with Crippen LogP contribution in [0.3, 0.4) is 0 Å². The summed E-state index contributed by atoms with van der Waals surface area (Å²) < 4.78 is 30.2. The predicted molar refractivity (Wildman–Crippen MR) is 84.0 cm³/mol. The van der Waals surface area contributed by atoms with E-state index in [0.29, 0.717) is 26.4 Å². The molecule has 1 aliphatic heterocycles. The zero-order valence-corrected chi connectivity index (χ0v) is 15.3. The molecule has 2 unspecified atom stereocenters. The average molecular weight is 321 g/mol. The van der Waals surface area contributed by atoms with E-state index < -0.39 is 14.2 Å². The van der Waals surface area contributed by atoms with Crippen LogP contribution in [0.5, 0.6) is 0 Å². The Morgan fingerprint density at radius 3 is 1.48 bits per heavy atom. The van der Waals surface area contributed by atoms with Gasteiger partial charge in [0.15, 0.2) is 0 Å². The molecule has 1 heterocycles. The second kappa shape index (κ2) is 9.22. The SMILES string of the molecule is CCCOC1([Si](OCCC)(OCCC)OCCC)OC1C. The molecule has 21 heavy (non-hydrogen) atoms. The molecule has 126 valence electrons. The Hall–Kier alpha value is 0.0169. The summed E-state index contributed by atoms with van der Waals surface area (Å²) in [4.78, 5) is 0. The Kier molecular flexibility index (Phi) is 8.37. The summed E-state index contributed by atoms with van der Waals surface area (Å²) in [7, 11) is -3.02. The lowest BCUT2D eigenvalue weighted by Crippen LogP contribution is -2.61. The fourth-order valence-corrected chi connectivity index (χ4v) is 5.55. The summed E-state index contributed by atoms with van der Waals surface area (Å²) in [5, 5.41) is 0. The molecule has 0 N–H and O–H groups in total. The second-order valence-electron chi connectivity index (χ2n) is 5.38. The van der Waals surface area contributed by atoms with Crippen molar-refractivity contribution in [2.45, 2.75) is 71.8 Å². The zero-order chi connectivity index (χ0) is 15.8. The van der Waals surface area contributed by atoms with E-state index in [4.69, 9.17) is 22.8 Å². The topological polar surface area (TPSA) is 49.5 Å². The maximum Gasteiger partial charge on any atom is 0.566 e. The molecule has 1 aliphatic rings. The van der Waals surface area contributed by atoms with Crippen LogP contribution in [0.25, 0.3) is 0 Å². The van der Waals surface area contributed by atoms with Gasteiger partial charge < -0.3 is 22.8 Å². The summed E-state index contributed by atoms with van der Waals surface area (Å²) in [5.74, 6) is 0. The van der Waals surface area contributed by atoms with Crippen molar-refractivity contribution in [3.63, 3.8) is 0 Å². The van der Waals surface area contributed by atoms with Crippen LogP contribution in [0.15, 0.2) is 0 Å². The van der Waals surface area contributed by atoms with E-state index in [1.807, 2.05) is 6.92 Å². The van der Waals surface area contributed by atoms with Crippen LogP contribution < -0.4 is 0 Å². The number of epoxide rings is 1. The van der Waals surface area contributed by atoms with Crippen molar-refractivity contribution < 1.29 is 22.8 Å². The van der Waals surface area contributed by atoms with E-state index in [1.165, 1.54) is 0 Å². The number of hydrogen-bond acceptors (Lipinski definition) is 5. The number of ether oxygens (including phenoxy) is 2. The Labute approximate surface area is 130 Å². The summed E-state index contributed by atoms with van der Waals surface area (Å²) >= 11 is 0. The minimum Gasteiger partial charge on any atom is -0.370 e. The molecule has 0 aromatic heterocycles. The highest BCUT2D eigenvalue weighted by Crippen LogP contribution is 2.47. The van der Waals surface area contributed by atoms with Gasteiger partial charge in [-0.15, -0.1) is 0 Å². The summed E-state index contributed by atoms with van der Waals surface area (Å²) in [5.41, 5.74) is -0.803. The lowest BCUT2D eigenvalue weighted by Gasteiger charge is -2.34. The van der Waals surface area contributed by atoms with Gasteiger partial charge in [0.2, 0.25) is 0 Å². The molecule has 2 atom stereocenters. The third-order valence-corrected chi connectivity index (χ3v) is 6.54. The first-order valence-electron chi connectivity index (χ1n) is 8.36. The molecule has 0 aromatic carbocycles. The molecule has 0 aliphatic carbocycles. The Morgan fingerprint density at radius 1 is 0.810 bits per heavy atom. The van der Waals surface area contributed by atoms with E-state index >= 15 is 0 Å². The van der Waals surface area contributed by atoms with Crippen LogP contribution in [0.2, 0.25) is 0 Å². The minimum atomic E-state index is -3.02. The predicted octanol–water partition coefficient (Wildman–Crippen LogP) is 3.29. The van der Waals surface area contributed by atoms with Crippen LogP contribution in [0.1, 0.15) is 60.3 Å². The Bertz CT molecular complexity index is 267. The van der Waals surface area contributed by atoms with Crippen LogP contribution in [0, 0.1) is 0 Å². The van der Waals surface area contributed by atoms with Gasteiger partial charge in [0.05, 0.1) is 0 Å². The molecular formula is C15H32O5Si. The van der Waals surface area contributed by atoms with Crippen molar-refractivity contribution in [2.24, 2.45) is 0 Å². The third kappa shape index (κ3) is 4.50. The molecule has 5 nitrogen and oxygen atoms in total. The van der Waals surface area contributed by atoms with Crippen LogP contribution in [-0.4, -0.2) is 46.7 Å². The number of rotatable bonds is 13. The lowest BCUT2D eigenvalue weighted by molar-refractivity contribution is -0.0724. The van der Waals surface area contributed by atoms with Crippen LogP contribution in [-0.2, 0) is 22.8 Å². The van der Waals surface area contributed by atoms with Gasteiger partial charge >= 0.3 is 8.80 Å². The van der Waals surface area contributed by atoms with Crippen molar-refractivity contribution in [1.82, 2.24) is 0 Å². The number of hydrogen-bond donors (Lipinski definition) is 0. The van der Waals surface area contributed by atoms with Gasteiger partial charge in [-0.1, -0.05) is 27.7 Å². The molecule has 0 radical (unpaired) electrons. The highest BCUT2D eigenvalue weighted by molar-refractivity contribution is 6.64. The minimum absolute atomic E-state index is 0.0405. The normalized spacial score (nSPS) is 25.3. The fourth-order valence-electron chi connectivity index (χ4n) is 2.18. The van der Waals surface area contributed by atoms with Crippen LogP contribution >= 0.6 is 0 Å². The van der Waals surface area contributed by atoms with Crippen molar-refractivity contribution in [2.75, 3.05) is 26.4 Å². The summed E-state index contributed by atoms with van der Waals surface area (Å²) in [6, 6.07) is 0. The fraction of sp³-hybridized carbons (Fsp3) is 1.00. The molecule has 6 heteroatoms. The van der Waals surface area contributed by atoms with E-state index in [2.05, 4.69) is 27.7 Å². The van der Waals surface area contributed by atoms with Gasteiger partial charge in [0, 0.05) is 26.4 Å². The highest BCUT2D eigenvalue weighted by atomic mass is 28.4. The Balaban J connectivity index is 2.93. The molecule has 1 rings (SSSR count). The molecule has 0 amide bonds. The van der Waals surface area contributed by atoms with Crippen molar-refractivity contribution in [3.8, 4) is 0 Å². The van der Waals surface area contributed by atoms with Gasteiger partial charge in [0.25, 0.3) is 5.41 Å². The first-order chi connectivity index (χ1) is 10.1. The van der Waals surface area contributed by atoms with E-state index in [1.54, 1.807) is 0 Å². The molecule has 0 aromatic rings. The largest absolute Gasteiger partial charge is 0.566 e. The molecule has 1 saturated heterocycles. The first-order valence-corrected chi connectivity index (χ1v) is 10.1. The molecule has 0 spiro atoms. The average Bonchev–Trinajstić information content (AvgIpc) is 3.16. The first kappa shape index (κ1) is 19.1. The smallest absolute Gasteiger partial charge is 0.370 e. The van der Waals surface area contributed by atoms with Crippen LogP contribution in [0.4, 0.5) is 0 Å². The maximum absolute atomic E-state index is 6.12. The summed E-state index contributed by atoms with van der Waals surface area (Å²) in [6.45, 7) is 12.8. The third-order valence-electron chi connectivity index (χ3n) is 3.27. The van der Waals surface area contributed by atoms with Gasteiger partial charge in [-0.25, -0.2) is 0 Å². The van der Waals surface area contributed by atoms with Crippen molar-refractivity contribution in [3.05, 3.63) is 0 Å². The monoisotopic (exact) mass is 320 g/mol. The molecule has 0 saturated carbocycles. The highest BCUT2D eigenvalue weighted by Gasteiger charge is 2.77. The molecular weight excluding hydrogens is 288 g/mol. The zero-order valence-electron chi connectivity index (χ0n) is 14.3. The van der Waals surface area contributed by atoms with Gasteiger partial charge in [-0.2, -0.15) is 0 Å². The Morgan fingerprint density at radius 2 is 1.19 bits per heavy atom. The van der Waals surface area contributed by atoms with Gasteiger partial charge in [0.1, 0.15) is 6.10 Å². The second-order valence-corrected chi connectivity index (χ2v) is 8.05. The van der Waals surface area contributed by atoms with E-state index in [0.717, 1.165) is 25.7 Å². The molecule has 0 bridgehead atoms.